The number of amides is 1. The second-order valence-electron chi connectivity index (χ2n) is 11.9. The molecule has 1 amide bonds. The van der Waals surface area contributed by atoms with Crippen LogP contribution in [0.2, 0.25) is 0 Å². The van der Waals surface area contributed by atoms with E-state index in [4.69, 9.17) is 5.73 Å². The van der Waals surface area contributed by atoms with Gasteiger partial charge in [0.2, 0.25) is 5.78 Å². The number of carbonyl (C=O) groups is 3. The molecule has 4 rings (SSSR count). The highest BCUT2D eigenvalue weighted by molar-refractivity contribution is 6.25. The number of aliphatic hydroxyl groups is 3. The van der Waals surface area contributed by atoms with E-state index in [0.717, 1.165) is 12.8 Å². The maximum absolute atomic E-state index is 14.2. The Balaban J connectivity index is 2.09. The first kappa shape index (κ1) is 30.9. The topological polar surface area (TPSA) is 194 Å². The van der Waals surface area contributed by atoms with Gasteiger partial charge in [0.25, 0.3) is 5.91 Å². The first-order valence-corrected chi connectivity index (χ1v) is 13.6. The van der Waals surface area contributed by atoms with Crippen LogP contribution in [0.3, 0.4) is 0 Å². The Labute approximate surface area is 243 Å². The molecule has 0 radical (unpaired) electrons. The molecule has 3 aliphatic carbocycles. The van der Waals surface area contributed by atoms with Crippen molar-refractivity contribution < 1.29 is 34.8 Å². The molecular weight excluding hydrogens is 544 g/mol. The summed E-state index contributed by atoms with van der Waals surface area (Å²) in [6.45, 7) is 3.38. The fourth-order valence-electron chi connectivity index (χ4n) is 6.98. The zero-order valence-corrected chi connectivity index (χ0v) is 24.5. The highest BCUT2D eigenvalue weighted by Gasteiger charge is 2.72. The number of aromatic hydroxyl groups is 1. The zero-order valence-electron chi connectivity index (χ0n) is 24.5. The van der Waals surface area contributed by atoms with E-state index in [1.54, 1.807) is 25.1 Å². The van der Waals surface area contributed by atoms with E-state index in [9.17, 15) is 39.7 Å². The molecule has 4 atom stereocenters. The molecule has 0 spiro atoms. The number of aliphatic hydroxyl groups excluding tert-OH is 1. The fourth-order valence-corrected chi connectivity index (χ4v) is 6.98. The number of carbonyl (C=O) groups excluding carboxylic acids is 3. The molecule has 1 aromatic carbocycles. The molecule has 0 aliphatic heterocycles. The van der Waals surface area contributed by atoms with E-state index in [-0.39, 0.29) is 23.1 Å². The van der Waals surface area contributed by atoms with Gasteiger partial charge in [-0.1, -0.05) is 32.1 Å². The van der Waals surface area contributed by atoms with Crippen LogP contribution in [0.15, 0.2) is 33.8 Å². The van der Waals surface area contributed by atoms with Gasteiger partial charge in [0, 0.05) is 38.0 Å². The number of fused-ring (bicyclic) bond motifs is 3. The zero-order chi connectivity index (χ0) is 31.5. The number of hydrogen-bond donors (Lipinski definition) is 5. The largest absolute Gasteiger partial charge is 0.510 e. The molecule has 0 bridgehead atoms. The number of unbranched alkanes of at least 4 members (excludes halogenated alkanes) is 2. The third-order valence-corrected chi connectivity index (χ3v) is 8.73. The van der Waals surface area contributed by atoms with E-state index in [0.29, 0.717) is 12.1 Å². The van der Waals surface area contributed by atoms with Crippen LogP contribution >= 0.6 is 0 Å². The normalized spacial score (nSPS) is 28.5. The number of hydrogen-bond acceptors (Lipinski definition) is 11. The molecule has 0 saturated carbocycles. The lowest BCUT2D eigenvalue weighted by Gasteiger charge is -2.58. The molecule has 0 saturated heterocycles. The summed E-state index contributed by atoms with van der Waals surface area (Å²) in [5.41, 5.74) is -3.51. The SMILES string of the molecule is CCCCC#Cc1cc(N(C)C)c2c(c1O)C(=O)C1=C(N=O)[C@]3(O)C(=O)C(C(N)=O)=C(O)[C@@H](N(C)C)[C@]3(C)C[C@]1(O)C2. The highest BCUT2D eigenvalue weighted by Crippen LogP contribution is 2.61. The van der Waals surface area contributed by atoms with Crippen LogP contribution in [-0.4, -0.2) is 88.2 Å². The second kappa shape index (κ2) is 10.3. The summed E-state index contributed by atoms with van der Waals surface area (Å²) in [6, 6.07) is 0.308. The number of nitrogens with two attached hydrogens (primary N) is 1. The molecule has 12 heteroatoms. The highest BCUT2D eigenvalue weighted by atomic mass is 16.3. The van der Waals surface area contributed by atoms with Crippen LogP contribution in [0, 0.1) is 22.2 Å². The third-order valence-electron chi connectivity index (χ3n) is 8.73. The van der Waals surface area contributed by atoms with E-state index in [1.807, 2.05) is 6.92 Å². The van der Waals surface area contributed by atoms with Crippen molar-refractivity contribution in [3.8, 4) is 17.6 Å². The van der Waals surface area contributed by atoms with Crippen LogP contribution in [0.25, 0.3) is 0 Å². The minimum absolute atomic E-state index is 0.151. The number of benzene rings is 1. The Morgan fingerprint density at radius 1 is 1.19 bits per heavy atom. The van der Waals surface area contributed by atoms with Gasteiger partial charge in [-0.2, -0.15) is 0 Å². The average molecular weight is 581 g/mol. The van der Waals surface area contributed by atoms with Gasteiger partial charge in [0.1, 0.15) is 28.4 Å². The standard InChI is InChI=1S/C30H36N4O8/c1-7-8-9-10-11-15-12-17(33(3)4)16-13-29(40)14-28(2)25(34(5)6)23(37)19(27(31)39)26(38)30(28,41)24(32-42)20(29)22(36)18(16)21(15)35/h12,25,35,37,40-41H,7-9,13-14H2,1-6H3,(H2,31,39)/t25-,28+,29-,30+/m1/s1. The number of likely N-dealkylation sites (N-methyl/N-ethyl adjacent to an activating group) is 1. The van der Waals surface area contributed by atoms with Crippen molar-refractivity contribution in [2.75, 3.05) is 33.1 Å². The van der Waals surface area contributed by atoms with Gasteiger partial charge < -0.3 is 31.1 Å². The van der Waals surface area contributed by atoms with Crippen molar-refractivity contribution in [3.63, 3.8) is 0 Å². The molecule has 0 aromatic heterocycles. The predicted molar refractivity (Wildman–Crippen MR) is 154 cm³/mol. The molecule has 0 fully saturated rings. The average Bonchev–Trinajstić information content (AvgIpc) is 2.87. The maximum atomic E-state index is 14.2. The van der Waals surface area contributed by atoms with Crippen LogP contribution in [-0.2, 0) is 16.0 Å². The number of Topliss-reactive ketones (excluding diaryl/α,β-unsaturated/α-hetero) is 2. The Hall–Kier alpha value is -4.05. The number of anilines is 1. The Morgan fingerprint density at radius 3 is 2.36 bits per heavy atom. The molecule has 6 N–H and O–H groups in total. The van der Waals surface area contributed by atoms with Crippen LogP contribution in [0.4, 0.5) is 5.69 Å². The predicted octanol–water partition coefficient (Wildman–Crippen LogP) is 1.44. The summed E-state index contributed by atoms with van der Waals surface area (Å²) in [5.74, 6) is 0.876. The first-order valence-electron chi connectivity index (χ1n) is 13.6. The van der Waals surface area contributed by atoms with E-state index < -0.39 is 74.9 Å². The van der Waals surface area contributed by atoms with Crippen molar-refractivity contribution in [1.82, 2.24) is 4.90 Å². The van der Waals surface area contributed by atoms with Crippen molar-refractivity contribution in [1.29, 1.82) is 0 Å². The number of primary amides is 1. The molecular formula is C30H36N4O8. The Kier molecular flexibility index (Phi) is 7.61. The molecule has 0 unspecified atom stereocenters. The van der Waals surface area contributed by atoms with Gasteiger partial charge in [-0.15, -0.1) is 4.91 Å². The van der Waals surface area contributed by atoms with Crippen molar-refractivity contribution >= 4 is 23.2 Å². The van der Waals surface area contributed by atoms with Crippen LogP contribution in [0.5, 0.6) is 5.75 Å². The first-order chi connectivity index (χ1) is 19.5. The summed E-state index contributed by atoms with van der Waals surface area (Å²) in [7, 11) is 6.45. The van der Waals surface area contributed by atoms with E-state index in [2.05, 4.69) is 17.0 Å². The minimum Gasteiger partial charge on any atom is -0.510 e. The molecule has 12 nitrogen and oxygen atoms in total. The number of nitrogens with zero attached hydrogens (tertiary/aromatic N) is 3. The van der Waals surface area contributed by atoms with Gasteiger partial charge in [0.05, 0.1) is 22.7 Å². The quantitative estimate of drug-likeness (QED) is 0.142. The number of rotatable bonds is 6. The molecule has 1 aromatic rings. The number of ketones is 2. The molecule has 0 heterocycles. The lowest BCUT2D eigenvalue weighted by atomic mass is 9.49. The monoisotopic (exact) mass is 580 g/mol. The van der Waals surface area contributed by atoms with E-state index in [1.165, 1.54) is 25.9 Å². The summed E-state index contributed by atoms with van der Waals surface area (Å²) in [5, 5.41) is 49.6. The fraction of sp³-hybridized carbons (Fsp3) is 0.500. The maximum Gasteiger partial charge on any atom is 0.255 e. The van der Waals surface area contributed by atoms with E-state index >= 15 is 0 Å². The smallest absolute Gasteiger partial charge is 0.255 e. The van der Waals surface area contributed by atoms with Gasteiger partial charge in [-0.3, -0.25) is 19.3 Å². The van der Waals surface area contributed by atoms with Crippen LogP contribution in [0.1, 0.15) is 61.0 Å². The molecule has 224 valence electrons. The van der Waals surface area contributed by atoms with Gasteiger partial charge >= 0.3 is 0 Å². The summed E-state index contributed by atoms with van der Waals surface area (Å²) < 4.78 is 0. The number of phenols is 1. The number of phenolic OH excluding ortho intramolecular Hbond substituents is 1. The second-order valence-corrected chi connectivity index (χ2v) is 11.9. The van der Waals surface area contributed by atoms with Crippen molar-refractivity contribution in [2.24, 2.45) is 16.3 Å². The van der Waals surface area contributed by atoms with Crippen LogP contribution < -0.4 is 10.6 Å². The summed E-state index contributed by atoms with van der Waals surface area (Å²) in [6.07, 6.45) is 1.50. The van der Waals surface area contributed by atoms with Crippen molar-refractivity contribution in [3.05, 3.63) is 50.3 Å². The Bertz CT molecular complexity index is 1550. The third kappa shape index (κ3) is 4.06. The summed E-state index contributed by atoms with van der Waals surface area (Å²) in [4.78, 5) is 56.0. The van der Waals surface area contributed by atoms with Gasteiger partial charge in [-0.05, 0) is 43.7 Å². The molecule has 42 heavy (non-hydrogen) atoms. The summed E-state index contributed by atoms with van der Waals surface area (Å²) >= 11 is 0. The van der Waals surface area contributed by atoms with Gasteiger partial charge in [0.15, 0.2) is 11.4 Å². The molecule has 3 aliphatic rings. The lowest BCUT2D eigenvalue weighted by molar-refractivity contribution is -0.167. The Morgan fingerprint density at radius 2 is 1.83 bits per heavy atom. The van der Waals surface area contributed by atoms with Crippen molar-refractivity contribution in [2.45, 2.75) is 63.2 Å². The number of nitroso groups, excluding NO2 is 1. The minimum atomic E-state index is -2.94. The van der Waals surface area contributed by atoms with Gasteiger partial charge in [-0.25, -0.2) is 0 Å². The lowest BCUT2D eigenvalue weighted by Crippen LogP contribution is -2.72.